The first-order chi connectivity index (χ1) is 9.86. The molecule has 2 heterocycles. The minimum atomic E-state index is 0.670. The van der Waals surface area contributed by atoms with Crippen LogP contribution in [0.15, 0.2) is 48.5 Å². The number of para-hydroxylation sites is 1. The van der Waals surface area contributed by atoms with Crippen molar-refractivity contribution >= 4 is 17.1 Å². The molecule has 3 heteroatoms. The Kier molecular flexibility index (Phi) is 2.24. The van der Waals surface area contributed by atoms with Crippen LogP contribution >= 0.6 is 0 Å². The van der Waals surface area contributed by atoms with Gasteiger partial charge < -0.3 is 4.57 Å². The van der Waals surface area contributed by atoms with Crippen molar-refractivity contribution in [1.29, 1.82) is 5.26 Å². The molecule has 1 aromatic heterocycles. The predicted octanol–water partition coefficient (Wildman–Crippen LogP) is 3.60. The Morgan fingerprint density at radius 3 is 2.75 bits per heavy atom. The number of benzene rings is 2. The second-order valence-corrected chi connectivity index (χ2v) is 4.85. The van der Waals surface area contributed by atoms with Crippen LogP contribution in [0.25, 0.3) is 28.5 Å². The molecule has 0 fully saturated rings. The summed E-state index contributed by atoms with van der Waals surface area (Å²) in [7, 11) is 0. The van der Waals surface area contributed by atoms with E-state index < -0.39 is 0 Å². The van der Waals surface area contributed by atoms with Gasteiger partial charge in [-0.25, -0.2) is 4.98 Å². The van der Waals surface area contributed by atoms with E-state index in [4.69, 9.17) is 10.2 Å². The van der Waals surface area contributed by atoms with E-state index in [2.05, 4.69) is 28.9 Å². The second kappa shape index (κ2) is 4.07. The van der Waals surface area contributed by atoms with E-state index in [1.54, 1.807) is 0 Å². The average molecular weight is 257 g/mol. The summed E-state index contributed by atoms with van der Waals surface area (Å²) in [6.07, 6.45) is 4.29. The molecule has 0 spiro atoms. The van der Waals surface area contributed by atoms with Crippen molar-refractivity contribution in [3.8, 4) is 17.5 Å². The third kappa shape index (κ3) is 1.49. The first-order valence-electron chi connectivity index (χ1n) is 6.53. The monoisotopic (exact) mass is 257 g/mol. The molecule has 0 aliphatic carbocycles. The van der Waals surface area contributed by atoms with Crippen molar-refractivity contribution in [2.75, 3.05) is 0 Å². The largest absolute Gasteiger partial charge is 0.320 e. The van der Waals surface area contributed by atoms with E-state index in [9.17, 15) is 0 Å². The van der Waals surface area contributed by atoms with Crippen molar-refractivity contribution in [2.24, 2.45) is 0 Å². The summed E-state index contributed by atoms with van der Waals surface area (Å²) in [6.45, 7) is 0.836. The molecule has 0 radical (unpaired) electrons. The number of hydrogen-bond acceptors (Lipinski definition) is 2. The molecule has 1 aliphatic heterocycles. The predicted molar refractivity (Wildman–Crippen MR) is 78.9 cm³/mol. The number of hydrogen-bond donors (Lipinski definition) is 0. The molecule has 1 aliphatic rings. The van der Waals surface area contributed by atoms with Crippen molar-refractivity contribution in [1.82, 2.24) is 9.55 Å². The van der Waals surface area contributed by atoms with Gasteiger partial charge in [-0.1, -0.05) is 24.3 Å². The van der Waals surface area contributed by atoms with Crippen LogP contribution < -0.4 is 0 Å². The van der Waals surface area contributed by atoms with Gasteiger partial charge in [0.15, 0.2) is 0 Å². The van der Waals surface area contributed by atoms with E-state index in [0.717, 1.165) is 23.4 Å². The van der Waals surface area contributed by atoms with Gasteiger partial charge in [-0.05, 0) is 30.3 Å². The maximum atomic E-state index is 8.88. The van der Waals surface area contributed by atoms with Gasteiger partial charge in [0.25, 0.3) is 0 Å². The van der Waals surface area contributed by atoms with Crippen LogP contribution in [0.1, 0.15) is 11.1 Å². The summed E-state index contributed by atoms with van der Waals surface area (Å²) in [5.74, 6) is 0.960. The summed E-state index contributed by atoms with van der Waals surface area (Å²) in [4.78, 5) is 4.75. The lowest BCUT2D eigenvalue weighted by Gasteiger charge is -2.12. The zero-order valence-electron chi connectivity index (χ0n) is 10.7. The Labute approximate surface area is 116 Å². The number of nitrogens with zero attached hydrogens (tertiary/aromatic N) is 3. The van der Waals surface area contributed by atoms with Gasteiger partial charge in [0, 0.05) is 17.7 Å². The Morgan fingerprint density at radius 1 is 1.10 bits per heavy atom. The van der Waals surface area contributed by atoms with E-state index in [1.165, 1.54) is 11.1 Å². The highest BCUT2D eigenvalue weighted by molar-refractivity contribution is 5.89. The molecular formula is C17H11N3. The quantitative estimate of drug-likeness (QED) is 0.668. The minimum Gasteiger partial charge on any atom is -0.320 e. The van der Waals surface area contributed by atoms with Crippen LogP contribution in [0.3, 0.4) is 0 Å². The van der Waals surface area contributed by atoms with Gasteiger partial charge in [-0.15, -0.1) is 0 Å². The standard InChI is InChI=1S/C17H11N3/c18-11-12-6-8-14(9-7-12)17-19-15-5-1-3-13-4-2-10-20(17)16(13)15/h1-9H,10H2. The lowest BCUT2D eigenvalue weighted by atomic mass is 10.1. The minimum absolute atomic E-state index is 0.670. The molecule has 0 unspecified atom stereocenters. The van der Waals surface area contributed by atoms with Crippen LogP contribution in [0.5, 0.6) is 0 Å². The second-order valence-electron chi connectivity index (χ2n) is 4.85. The highest BCUT2D eigenvalue weighted by Gasteiger charge is 2.15. The van der Waals surface area contributed by atoms with Gasteiger partial charge in [-0.3, -0.25) is 0 Å². The van der Waals surface area contributed by atoms with Gasteiger partial charge in [0.1, 0.15) is 5.82 Å². The third-order valence-electron chi connectivity index (χ3n) is 3.66. The lowest BCUT2D eigenvalue weighted by molar-refractivity contribution is 0.855. The number of aromatic nitrogens is 2. The molecule has 94 valence electrons. The molecule has 4 rings (SSSR count). The smallest absolute Gasteiger partial charge is 0.141 e. The Hall–Kier alpha value is -2.86. The van der Waals surface area contributed by atoms with E-state index in [1.807, 2.05) is 36.4 Å². The zero-order chi connectivity index (χ0) is 13.5. The lowest BCUT2D eigenvalue weighted by Crippen LogP contribution is -2.02. The first kappa shape index (κ1) is 11.0. The van der Waals surface area contributed by atoms with Crippen LogP contribution in [0.2, 0.25) is 0 Å². The normalized spacial score (nSPS) is 12.6. The molecule has 0 N–H and O–H groups in total. The molecular weight excluding hydrogens is 246 g/mol. The number of rotatable bonds is 1. The van der Waals surface area contributed by atoms with E-state index >= 15 is 0 Å². The number of allylic oxidation sites excluding steroid dienone is 1. The summed E-state index contributed by atoms with van der Waals surface area (Å²) >= 11 is 0. The Bertz CT molecular complexity index is 877. The Morgan fingerprint density at radius 2 is 1.95 bits per heavy atom. The highest BCUT2D eigenvalue weighted by Crippen LogP contribution is 2.30. The van der Waals surface area contributed by atoms with Gasteiger partial charge >= 0.3 is 0 Å². The number of nitriles is 1. The van der Waals surface area contributed by atoms with Gasteiger partial charge in [-0.2, -0.15) is 5.26 Å². The first-order valence-corrected chi connectivity index (χ1v) is 6.53. The van der Waals surface area contributed by atoms with Gasteiger partial charge in [0.2, 0.25) is 0 Å². The summed E-state index contributed by atoms with van der Waals surface area (Å²) < 4.78 is 2.23. The fourth-order valence-corrected chi connectivity index (χ4v) is 2.72. The van der Waals surface area contributed by atoms with Crippen LogP contribution in [-0.4, -0.2) is 9.55 Å². The molecule has 3 nitrogen and oxygen atoms in total. The third-order valence-corrected chi connectivity index (χ3v) is 3.66. The molecule has 0 bridgehead atoms. The van der Waals surface area contributed by atoms with Crippen LogP contribution in [0.4, 0.5) is 0 Å². The highest BCUT2D eigenvalue weighted by atomic mass is 15.1. The van der Waals surface area contributed by atoms with Crippen molar-refractivity contribution < 1.29 is 0 Å². The van der Waals surface area contributed by atoms with Crippen molar-refractivity contribution in [3.05, 3.63) is 59.7 Å². The fraction of sp³-hybridized carbons (Fsp3) is 0.0588. The van der Waals surface area contributed by atoms with Crippen LogP contribution in [0, 0.1) is 11.3 Å². The van der Waals surface area contributed by atoms with Crippen molar-refractivity contribution in [3.63, 3.8) is 0 Å². The van der Waals surface area contributed by atoms with E-state index in [-0.39, 0.29) is 0 Å². The summed E-state index contributed by atoms with van der Waals surface area (Å²) in [5.41, 5.74) is 5.13. The number of imidazole rings is 1. The molecule has 0 saturated heterocycles. The van der Waals surface area contributed by atoms with Gasteiger partial charge in [0.05, 0.1) is 22.7 Å². The zero-order valence-corrected chi connectivity index (χ0v) is 10.7. The van der Waals surface area contributed by atoms with E-state index in [0.29, 0.717) is 5.56 Å². The molecule has 20 heavy (non-hydrogen) atoms. The maximum absolute atomic E-state index is 8.88. The Balaban J connectivity index is 1.97. The molecule has 0 saturated carbocycles. The molecule has 3 aromatic rings. The molecule has 0 atom stereocenters. The summed E-state index contributed by atoms with van der Waals surface area (Å²) in [6, 6.07) is 15.9. The van der Waals surface area contributed by atoms with Crippen LogP contribution in [-0.2, 0) is 6.54 Å². The fourth-order valence-electron chi connectivity index (χ4n) is 2.72. The molecule has 2 aromatic carbocycles. The maximum Gasteiger partial charge on any atom is 0.141 e. The summed E-state index contributed by atoms with van der Waals surface area (Å²) in [5, 5.41) is 8.88. The SMILES string of the molecule is N#Cc1ccc(-c2nc3cccc4c3n2CC=C4)cc1. The average Bonchev–Trinajstić information content (AvgIpc) is 2.89. The molecule has 0 amide bonds. The van der Waals surface area contributed by atoms with Crippen molar-refractivity contribution in [2.45, 2.75) is 6.54 Å². The topological polar surface area (TPSA) is 41.6 Å².